The molecule has 3 nitrogen and oxygen atoms in total. The molecule has 5 N–H and O–H groups in total. The number of halogens is 1. The van der Waals surface area contributed by atoms with E-state index in [0.717, 1.165) is 10.0 Å². The lowest BCUT2D eigenvalue weighted by molar-refractivity contribution is 0.0476. The summed E-state index contributed by atoms with van der Waals surface area (Å²) in [6, 6.07) is 5.69. The molecule has 1 rings (SSSR count). The van der Waals surface area contributed by atoms with Crippen LogP contribution in [-0.4, -0.2) is 17.3 Å². The molecule has 1 atom stereocenters. The molecule has 0 radical (unpaired) electrons. The van der Waals surface area contributed by atoms with Gasteiger partial charge in [0.15, 0.2) is 0 Å². The fraction of sp³-hybridized carbons (Fsp3) is 0.500. The molecule has 0 aliphatic heterocycles. The molecule has 90 valence electrons. The van der Waals surface area contributed by atoms with E-state index in [-0.39, 0.29) is 5.92 Å². The van der Waals surface area contributed by atoms with Gasteiger partial charge in [-0.3, -0.25) is 0 Å². The van der Waals surface area contributed by atoms with Crippen molar-refractivity contribution in [3.05, 3.63) is 28.2 Å². The van der Waals surface area contributed by atoms with E-state index in [9.17, 15) is 5.11 Å². The minimum absolute atomic E-state index is 0.0463. The van der Waals surface area contributed by atoms with Crippen molar-refractivity contribution >= 4 is 21.6 Å². The van der Waals surface area contributed by atoms with Crippen LogP contribution in [0.15, 0.2) is 22.7 Å². The maximum Gasteiger partial charge on any atom is 0.0661 e. The molecule has 0 saturated heterocycles. The lowest BCUT2D eigenvalue weighted by Crippen LogP contribution is -2.31. The van der Waals surface area contributed by atoms with Crippen molar-refractivity contribution in [2.45, 2.75) is 31.8 Å². The second kappa shape index (κ2) is 5.17. The van der Waals surface area contributed by atoms with Crippen LogP contribution >= 0.6 is 15.9 Å². The summed E-state index contributed by atoms with van der Waals surface area (Å²) in [4.78, 5) is 0. The van der Waals surface area contributed by atoms with Gasteiger partial charge >= 0.3 is 0 Å². The van der Waals surface area contributed by atoms with Gasteiger partial charge in [0.25, 0.3) is 0 Å². The number of aliphatic hydroxyl groups is 1. The third-order valence-electron chi connectivity index (χ3n) is 2.73. The van der Waals surface area contributed by atoms with Crippen LogP contribution in [0.5, 0.6) is 0 Å². The highest BCUT2D eigenvalue weighted by Crippen LogP contribution is 2.35. The summed E-state index contributed by atoms with van der Waals surface area (Å²) in [6.07, 6.45) is 0.712. The van der Waals surface area contributed by atoms with Gasteiger partial charge in [-0.05, 0) is 50.6 Å². The maximum atomic E-state index is 10.2. The first-order chi connectivity index (χ1) is 7.36. The number of nitrogens with two attached hydrogens (primary N) is 2. The summed E-state index contributed by atoms with van der Waals surface area (Å²) in [5.74, 6) is -0.0463. The Bertz CT molecular complexity index is 361. The summed E-state index contributed by atoms with van der Waals surface area (Å²) >= 11 is 3.41. The number of hydrogen-bond acceptors (Lipinski definition) is 3. The van der Waals surface area contributed by atoms with Gasteiger partial charge in [-0.15, -0.1) is 0 Å². The lowest BCUT2D eigenvalue weighted by Gasteiger charge is -2.30. The summed E-state index contributed by atoms with van der Waals surface area (Å²) in [5.41, 5.74) is 12.4. The minimum Gasteiger partial charge on any atom is -0.398 e. The molecular formula is C12H19BrN2O. The van der Waals surface area contributed by atoms with Gasteiger partial charge in [-0.1, -0.05) is 15.9 Å². The van der Waals surface area contributed by atoms with Crippen molar-refractivity contribution in [3.8, 4) is 0 Å². The van der Waals surface area contributed by atoms with E-state index in [0.29, 0.717) is 18.7 Å². The Balaban J connectivity index is 3.15. The SMILES string of the molecule is CC(C)(O)C(CCN)c1cc(Br)ccc1N. The molecule has 0 aliphatic rings. The molecule has 1 unspecified atom stereocenters. The molecular weight excluding hydrogens is 268 g/mol. The van der Waals surface area contributed by atoms with Crippen LogP contribution in [0.25, 0.3) is 0 Å². The van der Waals surface area contributed by atoms with Crippen LogP contribution < -0.4 is 11.5 Å². The fourth-order valence-electron chi connectivity index (χ4n) is 1.90. The zero-order chi connectivity index (χ0) is 12.3. The molecule has 16 heavy (non-hydrogen) atoms. The Morgan fingerprint density at radius 2 is 2.06 bits per heavy atom. The van der Waals surface area contributed by atoms with Gasteiger partial charge in [0, 0.05) is 16.1 Å². The van der Waals surface area contributed by atoms with Crippen molar-refractivity contribution in [3.63, 3.8) is 0 Å². The zero-order valence-electron chi connectivity index (χ0n) is 9.70. The van der Waals surface area contributed by atoms with Gasteiger partial charge in [0.2, 0.25) is 0 Å². The summed E-state index contributed by atoms with van der Waals surface area (Å²) in [6.45, 7) is 4.10. The van der Waals surface area contributed by atoms with Crippen LogP contribution in [0.2, 0.25) is 0 Å². The first-order valence-electron chi connectivity index (χ1n) is 5.33. The molecule has 1 aromatic carbocycles. The largest absolute Gasteiger partial charge is 0.398 e. The van der Waals surface area contributed by atoms with Gasteiger partial charge in [0.05, 0.1) is 5.60 Å². The molecule has 0 aromatic heterocycles. The monoisotopic (exact) mass is 286 g/mol. The minimum atomic E-state index is -0.825. The van der Waals surface area contributed by atoms with Crippen molar-refractivity contribution in [1.29, 1.82) is 0 Å². The molecule has 0 heterocycles. The number of rotatable bonds is 4. The van der Waals surface area contributed by atoms with E-state index in [4.69, 9.17) is 11.5 Å². The van der Waals surface area contributed by atoms with E-state index in [1.165, 1.54) is 0 Å². The van der Waals surface area contributed by atoms with Crippen LogP contribution in [-0.2, 0) is 0 Å². The first-order valence-corrected chi connectivity index (χ1v) is 6.13. The Hall–Kier alpha value is -0.580. The zero-order valence-corrected chi connectivity index (χ0v) is 11.3. The van der Waals surface area contributed by atoms with E-state index in [1.54, 1.807) is 13.8 Å². The second-order valence-electron chi connectivity index (χ2n) is 4.56. The predicted octanol–water partition coefficient (Wildman–Crippen LogP) is 2.23. The van der Waals surface area contributed by atoms with Crippen molar-refractivity contribution in [2.24, 2.45) is 5.73 Å². The Morgan fingerprint density at radius 1 is 1.44 bits per heavy atom. The molecule has 0 saturated carbocycles. The van der Waals surface area contributed by atoms with Gasteiger partial charge in [0.1, 0.15) is 0 Å². The van der Waals surface area contributed by atoms with Gasteiger partial charge < -0.3 is 16.6 Å². The van der Waals surface area contributed by atoms with Crippen LogP contribution in [0.4, 0.5) is 5.69 Å². The molecule has 1 aromatic rings. The normalized spacial score (nSPS) is 13.8. The Morgan fingerprint density at radius 3 is 2.56 bits per heavy atom. The summed E-state index contributed by atoms with van der Waals surface area (Å²) < 4.78 is 0.961. The summed E-state index contributed by atoms with van der Waals surface area (Å²) in [5, 5.41) is 10.2. The average molecular weight is 287 g/mol. The van der Waals surface area contributed by atoms with E-state index < -0.39 is 5.60 Å². The number of anilines is 1. The maximum absolute atomic E-state index is 10.2. The first kappa shape index (κ1) is 13.5. The number of hydrogen-bond donors (Lipinski definition) is 3. The Kier molecular flexibility index (Phi) is 4.35. The molecule has 0 amide bonds. The fourth-order valence-corrected chi connectivity index (χ4v) is 2.28. The van der Waals surface area contributed by atoms with Gasteiger partial charge in [-0.2, -0.15) is 0 Å². The lowest BCUT2D eigenvalue weighted by atomic mass is 9.81. The van der Waals surface area contributed by atoms with E-state index in [2.05, 4.69) is 15.9 Å². The third-order valence-corrected chi connectivity index (χ3v) is 3.23. The van der Waals surface area contributed by atoms with Crippen LogP contribution in [0.1, 0.15) is 31.7 Å². The quantitative estimate of drug-likeness (QED) is 0.744. The van der Waals surface area contributed by atoms with Crippen molar-refractivity contribution in [2.75, 3.05) is 12.3 Å². The third kappa shape index (κ3) is 3.20. The highest BCUT2D eigenvalue weighted by molar-refractivity contribution is 9.10. The molecule has 0 bridgehead atoms. The number of benzene rings is 1. The van der Waals surface area contributed by atoms with Gasteiger partial charge in [-0.25, -0.2) is 0 Å². The molecule has 0 spiro atoms. The standard InChI is InChI=1S/C12H19BrN2O/c1-12(2,16)10(5-6-14)9-7-8(13)3-4-11(9)15/h3-4,7,10,16H,5-6,14-15H2,1-2H3. The smallest absolute Gasteiger partial charge is 0.0661 e. The predicted molar refractivity (Wildman–Crippen MR) is 71.3 cm³/mol. The van der Waals surface area contributed by atoms with E-state index >= 15 is 0 Å². The van der Waals surface area contributed by atoms with Crippen molar-refractivity contribution < 1.29 is 5.11 Å². The highest BCUT2D eigenvalue weighted by Gasteiger charge is 2.29. The Labute approximate surface area is 105 Å². The average Bonchev–Trinajstić information content (AvgIpc) is 2.17. The van der Waals surface area contributed by atoms with Crippen molar-refractivity contribution in [1.82, 2.24) is 0 Å². The summed E-state index contributed by atoms with van der Waals surface area (Å²) in [7, 11) is 0. The topological polar surface area (TPSA) is 72.3 Å². The highest BCUT2D eigenvalue weighted by atomic mass is 79.9. The molecule has 0 aliphatic carbocycles. The molecule has 0 fully saturated rings. The van der Waals surface area contributed by atoms with Crippen LogP contribution in [0, 0.1) is 0 Å². The molecule has 4 heteroatoms. The second-order valence-corrected chi connectivity index (χ2v) is 5.47. The van der Waals surface area contributed by atoms with E-state index in [1.807, 2.05) is 18.2 Å². The number of nitrogen functional groups attached to an aromatic ring is 1. The van der Waals surface area contributed by atoms with Crippen LogP contribution in [0.3, 0.4) is 0 Å².